The molecule has 2 aromatic heterocycles. The van der Waals surface area contributed by atoms with Crippen LogP contribution in [0.25, 0.3) is 28.0 Å². The number of carbonyl (C=O) groups is 1. The number of likely N-dealkylation sites (tertiary alicyclic amines) is 1. The van der Waals surface area contributed by atoms with Gasteiger partial charge in [-0.1, -0.05) is 0 Å². The topological polar surface area (TPSA) is 106 Å². The van der Waals surface area contributed by atoms with Crippen molar-refractivity contribution in [3.63, 3.8) is 0 Å². The van der Waals surface area contributed by atoms with Gasteiger partial charge in [0.05, 0.1) is 11.1 Å². The molecule has 2 aromatic carbocycles. The van der Waals surface area contributed by atoms with Crippen molar-refractivity contribution in [1.82, 2.24) is 24.2 Å². The highest BCUT2D eigenvalue weighted by Crippen LogP contribution is 2.27. The van der Waals surface area contributed by atoms with Crippen LogP contribution in [0.5, 0.6) is 0 Å². The van der Waals surface area contributed by atoms with Crippen LogP contribution in [0.2, 0.25) is 0 Å². The highest BCUT2D eigenvalue weighted by molar-refractivity contribution is 5.93. The predicted octanol–water partition coefficient (Wildman–Crippen LogP) is 2.61. The second-order valence-electron chi connectivity index (χ2n) is 7.97. The summed E-state index contributed by atoms with van der Waals surface area (Å²) < 4.78 is 17.9. The highest BCUT2D eigenvalue weighted by atomic mass is 19.1. The highest BCUT2D eigenvalue weighted by Gasteiger charge is 2.27. The number of nitrogens with two attached hydrogens (primary N) is 1. The average molecular weight is 429 g/mol. The molecule has 0 spiro atoms. The maximum Gasteiger partial charge on any atom is 0.274 e. The SMILES string of the molecule is Cn1cc2cc(-n3cc(C(=O)N4CC[C@H](N)C4)nc3-c3ccc(C#N)c(F)c3)ccc2n1. The monoisotopic (exact) mass is 429 g/mol. The molecule has 1 aliphatic heterocycles. The molecule has 160 valence electrons. The lowest BCUT2D eigenvalue weighted by Crippen LogP contribution is -2.32. The van der Waals surface area contributed by atoms with E-state index in [1.807, 2.05) is 37.5 Å². The van der Waals surface area contributed by atoms with Gasteiger partial charge >= 0.3 is 0 Å². The molecule has 4 aromatic rings. The fourth-order valence-electron chi connectivity index (χ4n) is 4.05. The first-order valence-electron chi connectivity index (χ1n) is 10.2. The quantitative estimate of drug-likeness (QED) is 0.539. The third kappa shape index (κ3) is 3.40. The molecule has 0 bridgehead atoms. The van der Waals surface area contributed by atoms with Crippen molar-refractivity contribution in [2.75, 3.05) is 13.1 Å². The number of aromatic nitrogens is 4. The van der Waals surface area contributed by atoms with Crippen molar-refractivity contribution in [3.05, 3.63) is 65.9 Å². The van der Waals surface area contributed by atoms with Gasteiger partial charge in [0, 0.05) is 55.2 Å². The molecular formula is C23H20FN7O. The standard InChI is InChI=1S/C23H20FN7O/c1-29-11-16-8-18(4-5-20(16)28-29)31-13-21(23(32)30-7-6-17(26)12-30)27-22(31)14-2-3-15(10-25)19(24)9-14/h2-5,8-9,11,13,17H,6-7,12,26H2,1H3/t17-/m0/s1. The van der Waals surface area contributed by atoms with Crippen molar-refractivity contribution in [3.8, 4) is 23.1 Å². The molecule has 1 atom stereocenters. The van der Waals surface area contributed by atoms with Crippen LogP contribution >= 0.6 is 0 Å². The minimum atomic E-state index is -0.638. The van der Waals surface area contributed by atoms with Gasteiger partial charge < -0.3 is 10.6 Å². The molecule has 32 heavy (non-hydrogen) atoms. The Balaban J connectivity index is 1.64. The number of fused-ring (bicyclic) bond motifs is 1. The number of benzene rings is 2. The Labute approximate surface area is 183 Å². The van der Waals surface area contributed by atoms with Crippen LogP contribution in [-0.4, -0.2) is 49.3 Å². The Morgan fingerprint density at radius 3 is 2.81 bits per heavy atom. The van der Waals surface area contributed by atoms with Gasteiger partial charge in [-0.2, -0.15) is 10.4 Å². The van der Waals surface area contributed by atoms with Crippen LogP contribution in [0.3, 0.4) is 0 Å². The summed E-state index contributed by atoms with van der Waals surface area (Å²) in [6.07, 6.45) is 4.31. The van der Waals surface area contributed by atoms with Crippen LogP contribution in [0.4, 0.5) is 4.39 Å². The maximum absolute atomic E-state index is 14.4. The Hall–Kier alpha value is -4.03. The van der Waals surface area contributed by atoms with Gasteiger partial charge in [-0.05, 0) is 42.8 Å². The lowest BCUT2D eigenvalue weighted by molar-refractivity contribution is 0.0785. The van der Waals surface area contributed by atoms with E-state index in [-0.39, 0.29) is 23.2 Å². The molecule has 0 radical (unpaired) electrons. The lowest BCUT2D eigenvalue weighted by Gasteiger charge is -2.13. The Morgan fingerprint density at radius 1 is 1.25 bits per heavy atom. The molecule has 9 heteroatoms. The number of hydrogen-bond acceptors (Lipinski definition) is 5. The fraction of sp³-hybridized carbons (Fsp3) is 0.217. The number of carbonyl (C=O) groups excluding carboxylic acids is 1. The minimum Gasteiger partial charge on any atom is -0.336 e. The van der Waals surface area contributed by atoms with E-state index in [2.05, 4.69) is 10.1 Å². The Kier molecular flexibility index (Phi) is 4.72. The number of halogens is 1. The largest absolute Gasteiger partial charge is 0.336 e. The molecule has 5 rings (SSSR count). The number of rotatable bonds is 3. The molecule has 3 heterocycles. The van der Waals surface area contributed by atoms with E-state index in [9.17, 15) is 9.18 Å². The van der Waals surface area contributed by atoms with Gasteiger partial charge in [-0.3, -0.25) is 14.0 Å². The number of amides is 1. The summed E-state index contributed by atoms with van der Waals surface area (Å²) >= 11 is 0. The van der Waals surface area contributed by atoms with Crippen LogP contribution < -0.4 is 5.73 Å². The Bertz CT molecular complexity index is 1400. The summed E-state index contributed by atoms with van der Waals surface area (Å²) in [6, 6.07) is 11.8. The summed E-state index contributed by atoms with van der Waals surface area (Å²) in [5, 5.41) is 14.4. The molecule has 1 fully saturated rings. The zero-order chi connectivity index (χ0) is 22.4. The molecule has 2 N–H and O–H groups in total. The van der Waals surface area contributed by atoms with Crippen LogP contribution in [-0.2, 0) is 7.05 Å². The minimum absolute atomic E-state index is 0.0406. The third-order valence-electron chi connectivity index (χ3n) is 5.67. The van der Waals surface area contributed by atoms with Gasteiger partial charge in [-0.25, -0.2) is 9.37 Å². The third-order valence-corrected chi connectivity index (χ3v) is 5.67. The van der Waals surface area contributed by atoms with Gasteiger partial charge in [0.15, 0.2) is 0 Å². The van der Waals surface area contributed by atoms with Crippen LogP contribution in [0.1, 0.15) is 22.5 Å². The van der Waals surface area contributed by atoms with Gasteiger partial charge in [-0.15, -0.1) is 0 Å². The summed E-state index contributed by atoms with van der Waals surface area (Å²) in [5.74, 6) is -0.446. The molecule has 8 nitrogen and oxygen atoms in total. The zero-order valence-electron chi connectivity index (χ0n) is 17.4. The number of nitriles is 1. The maximum atomic E-state index is 14.4. The summed E-state index contributed by atoms with van der Waals surface area (Å²) in [6.45, 7) is 1.06. The van der Waals surface area contributed by atoms with E-state index in [0.717, 1.165) is 23.0 Å². The normalized spacial score (nSPS) is 15.9. The van der Waals surface area contributed by atoms with Gasteiger partial charge in [0.25, 0.3) is 5.91 Å². The first-order valence-corrected chi connectivity index (χ1v) is 10.2. The second-order valence-corrected chi connectivity index (χ2v) is 7.97. The van der Waals surface area contributed by atoms with Gasteiger partial charge in [0.1, 0.15) is 23.4 Å². The molecule has 1 amide bonds. The van der Waals surface area contributed by atoms with E-state index >= 15 is 0 Å². The number of hydrogen-bond donors (Lipinski definition) is 1. The van der Waals surface area contributed by atoms with Crippen LogP contribution in [0, 0.1) is 17.1 Å². The summed E-state index contributed by atoms with van der Waals surface area (Å²) in [5.41, 5.74) is 8.23. The lowest BCUT2D eigenvalue weighted by atomic mass is 10.1. The predicted molar refractivity (Wildman–Crippen MR) is 116 cm³/mol. The van der Waals surface area contributed by atoms with E-state index in [4.69, 9.17) is 11.0 Å². The van der Waals surface area contributed by atoms with E-state index in [0.29, 0.717) is 24.5 Å². The van der Waals surface area contributed by atoms with Crippen LogP contribution in [0.15, 0.2) is 48.8 Å². The van der Waals surface area contributed by atoms with Crippen molar-refractivity contribution >= 4 is 16.8 Å². The first-order chi connectivity index (χ1) is 15.4. The van der Waals surface area contributed by atoms with E-state index in [1.165, 1.54) is 12.1 Å². The van der Waals surface area contributed by atoms with E-state index in [1.54, 1.807) is 26.4 Å². The number of nitrogens with zero attached hydrogens (tertiary/aromatic N) is 6. The number of aryl methyl sites for hydroxylation is 1. The average Bonchev–Trinajstić information content (AvgIpc) is 3.49. The zero-order valence-corrected chi connectivity index (χ0v) is 17.4. The van der Waals surface area contributed by atoms with Crippen molar-refractivity contribution in [2.45, 2.75) is 12.5 Å². The fourth-order valence-corrected chi connectivity index (χ4v) is 4.05. The molecule has 1 aliphatic rings. The smallest absolute Gasteiger partial charge is 0.274 e. The Morgan fingerprint density at radius 2 is 2.09 bits per heavy atom. The van der Waals surface area contributed by atoms with Crippen molar-refractivity contribution in [1.29, 1.82) is 5.26 Å². The molecule has 1 saturated heterocycles. The molecule has 0 unspecified atom stereocenters. The second kappa shape index (κ2) is 7.59. The van der Waals surface area contributed by atoms with Gasteiger partial charge in [0.2, 0.25) is 0 Å². The molecule has 0 aliphatic carbocycles. The molecular weight excluding hydrogens is 409 g/mol. The van der Waals surface area contributed by atoms with Crippen molar-refractivity contribution < 1.29 is 9.18 Å². The number of imidazole rings is 1. The van der Waals surface area contributed by atoms with E-state index < -0.39 is 5.82 Å². The summed E-state index contributed by atoms with van der Waals surface area (Å²) in [4.78, 5) is 19.3. The summed E-state index contributed by atoms with van der Waals surface area (Å²) in [7, 11) is 1.85. The molecule has 0 saturated carbocycles. The first kappa shape index (κ1) is 19.9. The van der Waals surface area contributed by atoms with Crippen molar-refractivity contribution in [2.24, 2.45) is 12.8 Å².